The van der Waals surface area contributed by atoms with E-state index < -0.39 is 0 Å². The van der Waals surface area contributed by atoms with Gasteiger partial charge in [0.2, 0.25) is 0 Å². The highest BCUT2D eigenvalue weighted by molar-refractivity contribution is 5.20. The van der Waals surface area contributed by atoms with Crippen LogP contribution in [0, 0.1) is 5.82 Å². The van der Waals surface area contributed by atoms with Crippen molar-refractivity contribution in [3.63, 3.8) is 0 Å². The van der Waals surface area contributed by atoms with Crippen molar-refractivity contribution in [2.45, 2.75) is 44.7 Å². The van der Waals surface area contributed by atoms with Gasteiger partial charge in [-0.3, -0.25) is 0 Å². The van der Waals surface area contributed by atoms with Crippen molar-refractivity contribution in [3.05, 3.63) is 47.8 Å². The molecule has 2 heteroatoms. The molecule has 0 bridgehead atoms. The van der Waals surface area contributed by atoms with Crippen LogP contribution >= 0.6 is 0 Å². The van der Waals surface area contributed by atoms with Gasteiger partial charge in [0.25, 0.3) is 0 Å². The van der Waals surface area contributed by atoms with Gasteiger partial charge in [0.15, 0.2) is 0 Å². The summed E-state index contributed by atoms with van der Waals surface area (Å²) >= 11 is 0. The Morgan fingerprint density at radius 2 is 2.29 bits per heavy atom. The molecular weight excluding hydrogens is 213 g/mol. The smallest absolute Gasteiger partial charge is 0.123 e. The maximum Gasteiger partial charge on any atom is 0.123 e. The van der Waals surface area contributed by atoms with Crippen LogP contribution in [0.2, 0.25) is 0 Å². The van der Waals surface area contributed by atoms with Gasteiger partial charge in [-0.05, 0) is 43.4 Å². The van der Waals surface area contributed by atoms with Crippen LogP contribution in [0.3, 0.4) is 0 Å². The molecule has 0 saturated heterocycles. The number of halogens is 1. The van der Waals surface area contributed by atoms with Crippen molar-refractivity contribution in [3.8, 4) is 0 Å². The fourth-order valence-corrected chi connectivity index (χ4v) is 2.40. The molecule has 1 aliphatic carbocycles. The lowest BCUT2D eigenvalue weighted by Crippen LogP contribution is -2.33. The quantitative estimate of drug-likeness (QED) is 0.776. The molecule has 0 saturated carbocycles. The zero-order chi connectivity index (χ0) is 12.1. The van der Waals surface area contributed by atoms with E-state index in [0.29, 0.717) is 6.04 Å². The molecule has 0 radical (unpaired) electrons. The first kappa shape index (κ1) is 12.3. The van der Waals surface area contributed by atoms with Gasteiger partial charge in [-0.25, -0.2) is 4.39 Å². The van der Waals surface area contributed by atoms with E-state index in [1.165, 1.54) is 12.5 Å². The minimum Gasteiger partial charge on any atom is -0.307 e. The maximum atomic E-state index is 13.2. The summed E-state index contributed by atoms with van der Waals surface area (Å²) in [5, 5.41) is 3.63. The Hall–Kier alpha value is -1.15. The molecular formula is C15H20FN. The second-order valence-corrected chi connectivity index (χ2v) is 4.66. The molecule has 2 rings (SSSR count). The second kappa shape index (κ2) is 5.97. The number of hydrogen-bond donors (Lipinski definition) is 1. The van der Waals surface area contributed by atoms with E-state index in [1.807, 2.05) is 6.07 Å². The fraction of sp³-hybridized carbons (Fsp3) is 0.467. The molecule has 1 aromatic rings. The maximum absolute atomic E-state index is 13.2. The molecule has 1 aromatic carbocycles. The molecule has 0 aliphatic heterocycles. The molecule has 1 aliphatic rings. The zero-order valence-corrected chi connectivity index (χ0v) is 10.3. The third kappa shape index (κ3) is 3.40. The topological polar surface area (TPSA) is 12.0 Å². The van der Waals surface area contributed by atoms with Crippen LogP contribution in [-0.2, 0) is 0 Å². The van der Waals surface area contributed by atoms with Crippen LogP contribution in [0.1, 0.15) is 44.2 Å². The first-order valence-electron chi connectivity index (χ1n) is 6.46. The van der Waals surface area contributed by atoms with Gasteiger partial charge in [-0.2, -0.15) is 0 Å². The van der Waals surface area contributed by atoms with Crippen LogP contribution in [0.15, 0.2) is 36.4 Å². The van der Waals surface area contributed by atoms with E-state index >= 15 is 0 Å². The molecule has 0 aromatic heterocycles. The third-order valence-corrected chi connectivity index (χ3v) is 3.37. The van der Waals surface area contributed by atoms with Crippen LogP contribution < -0.4 is 5.32 Å². The molecule has 0 fully saturated rings. The summed E-state index contributed by atoms with van der Waals surface area (Å²) in [5.41, 5.74) is 1.06. The molecule has 0 heterocycles. The average molecular weight is 233 g/mol. The summed E-state index contributed by atoms with van der Waals surface area (Å²) in [4.78, 5) is 0. The Morgan fingerprint density at radius 1 is 1.41 bits per heavy atom. The predicted molar refractivity (Wildman–Crippen MR) is 69.3 cm³/mol. The first-order chi connectivity index (χ1) is 8.29. The summed E-state index contributed by atoms with van der Waals surface area (Å²) in [5.74, 6) is -0.147. The molecule has 17 heavy (non-hydrogen) atoms. The molecule has 0 amide bonds. The highest BCUT2D eigenvalue weighted by Gasteiger charge is 2.16. The van der Waals surface area contributed by atoms with Crippen LogP contribution in [-0.4, -0.2) is 6.04 Å². The Kier molecular flexibility index (Phi) is 4.32. The molecule has 2 unspecified atom stereocenters. The van der Waals surface area contributed by atoms with Gasteiger partial charge >= 0.3 is 0 Å². The summed E-state index contributed by atoms with van der Waals surface area (Å²) < 4.78 is 13.2. The van der Waals surface area contributed by atoms with E-state index in [0.717, 1.165) is 24.8 Å². The minimum atomic E-state index is -0.147. The zero-order valence-electron chi connectivity index (χ0n) is 10.3. The molecule has 92 valence electrons. The normalized spacial score (nSPS) is 21.4. The van der Waals surface area contributed by atoms with E-state index in [4.69, 9.17) is 0 Å². The van der Waals surface area contributed by atoms with Gasteiger partial charge in [0, 0.05) is 12.1 Å². The number of allylic oxidation sites excluding steroid dienone is 1. The highest BCUT2D eigenvalue weighted by Crippen LogP contribution is 2.21. The Morgan fingerprint density at radius 3 is 2.94 bits per heavy atom. The van der Waals surface area contributed by atoms with Gasteiger partial charge in [0.05, 0.1) is 0 Å². The van der Waals surface area contributed by atoms with Crippen molar-refractivity contribution >= 4 is 0 Å². The molecule has 0 spiro atoms. The van der Waals surface area contributed by atoms with Crippen LogP contribution in [0.4, 0.5) is 4.39 Å². The van der Waals surface area contributed by atoms with E-state index in [-0.39, 0.29) is 11.9 Å². The Bertz CT molecular complexity index is 386. The van der Waals surface area contributed by atoms with Crippen molar-refractivity contribution in [1.29, 1.82) is 0 Å². The highest BCUT2D eigenvalue weighted by atomic mass is 19.1. The van der Waals surface area contributed by atoms with Crippen molar-refractivity contribution < 1.29 is 4.39 Å². The van der Waals surface area contributed by atoms with Crippen molar-refractivity contribution in [2.24, 2.45) is 0 Å². The summed E-state index contributed by atoms with van der Waals surface area (Å²) in [6.45, 7) is 2.14. The predicted octanol–water partition coefficient (Wildman–Crippen LogP) is 3.98. The summed E-state index contributed by atoms with van der Waals surface area (Å²) in [7, 11) is 0. The van der Waals surface area contributed by atoms with E-state index in [9.17, 15) is 4.39 Å². The average Bonchev–Trinajstić information content (AvgIpc) is 2.37. The molecule has 1 nitrogen and oxygen atoms in total. The van der Waals surface area contributed by atoms with Crippen molar-refractivity contribution in [2.75, 3.05) is 0 Å². The molecule has 1 N–H and O–H groups in total. The third-order valence-electron chi connectivity index (χ3n) is 3.37. The Balaban J connectivity index is 2.03. The second-order valence-electron chi connectivity index (χ2n) is 4.66. The van der Waals surface area contributed by atoms with Gasteiger partial charge in [-0.1, -0.05) is 31.2 Å². The number of hydrogen-bond acceptors (Lipinski definition) is 1. The van der Waals surface area contributed by atoms with Crippen molar-refractivity contribution in [1.82, 2.24) is 5.32 Å². The molecule has 2 atom stereocenters. The van der Waals surface area contributed by atoms with E-state index in [1.54, 1.807) is 12.1 Å². The van der Waals surface area contributed by atoms with Gasteiger partial charge < -0.3 is 5.32 Å². The monoisotopic (exact) mass is 233 g/mol. The SMILES string of the molecule is CCC(NC1CC=CCC1)c1cccc(F)c1. The van der Waals surface area contributed by atoms with Gasteiger partial charge in [0.1, 0.15) is 5.82 Å². The lowest BCUT2D eigenvalue weighted by molar-refractivity contribution is 0.401. The number of rotatable bonds is 4. The lowest BCUT2D eigenvalue weighted by Gasteiger charge is -2.26. The largest absolute Gasteiger partial charge is 0.307 e. The van der Waals surface area contributed by atoms with Gasteiger partial charge in [-0.15, -0.1) is 0 Å². The standard InChI is InChI=1S/C15H20FN/c1-2-15(12-7-6-8-13(16)11-12)17-14-9-4-3-5-10-14/h3-4,6-8,11,14-15,17H,2,5,9-10H2,1H3. The Labute approximate surface area is 103 Å². The number of benzene rings is 1. The minimum absolute atomic E-state index is 0.147. The van der Waals surface area contributed by atoms with E-state index in [2.05, 4.69) is 24.4 Å². The van der Waals surface area contributed by atoms with Crippen LogP contribution in [0.5, 0.6) is 0 Å². The van der Waals surface area contributed by atoms with Crippen LogP contribution in [0.25, 0.3) is 0 Å². The first-order valence-corrected chi connectivity index (χ1v) is 6.46. The number of nitrogens with one attached hydrogen (secondary N) is 1. The lowest BCUT2D eigenvalue weighted by atomic mass is 9.98. The summed E-state index contributed by atoms with van der Waals surface area (Å²) in [6, 6.07) is 7.73. The fourth-order valence-electron chi connectivity index (χ4n) is 2.40. The summed E-state index contributed by atoms with van der Waals surface area (Å²) in [6.07, 6.45) is 8.88.